The van der Waals surface area contributed by atoms with E-state index in [-0.39, 0.29) is 19.3 Å². The zero-order valence-electron chi connectivity index (χ0n) is 74.7. The van der Waals surface area contributed by atoms with Crippen LogP contribution in [0.3, 0.4) is 0 Å². The molecule has 5 unspecified atom stereocenters. The van der Waals surface area contributed by atoms with Crippen molar-refractivity contribution in [3.63, 3.8) is 0 Å². The number of aliphatic hydroxyl groups excluding tert-OH is 2. The molecule has 18 heteroatoms. The fraction of sp³-hybridized carbons (Fsp3) is 0.653. The van der Waals surface area contributed by atoms with Crippen molar-refractivity contribution in [1.82, 2.24) is 0 Å². The lowest BCUT2D eigenvalue weighted by Crippen LogP contribution is -2.29. The number of unbranched alkanes of at least 4 members (excludes halogenated alkanes) is 32. The molecule has 4 N–H and O–H groups in total. The second-order valence-electron chi connectivity index (χ2n) is 30.7. The normalized spacial score (nSPS) is 14.6. The zero-order chi connectivity index (χ0) is 86.5. The number of ether oxygens (including phenoxy) is 3. The zero-order valence-corrected chi connectivity index (χ0v) is 76.5. The van der Waals surface area contributed by atoms with Crippen LogP contribution in [0.5, 0.6) is 0 Å². The summed E-state index contributed by atoms with van der Waals surface area (Å²) >= 11 is 0. The highest BCUT2D eigenvalue weighted by Gasteiger charge is 2.29. The molecule has 0 aromatic heterocycles. The van der Waals surface area contributed by atoms with E-state index in [0.29, 0.717) is 25.7 Å². The van der Waals surface area contributed by atoms with E-state index >= 15 is 0 Å². The second-order valence-corrected chi connectivity index (χ2v) is 33.6. The van der Waals surface area contributed by atoms with Gasteiger partial charge in [-0.15, -0.1) is 0 Å². The summed E-state index contributed by atoms with van der Waals surface area (Å²) in [6.45, 7) is 2.28. The van der Waals surface area contributed by atoms with Gasteiger partial charge in [-0.25, -0.2) is 9.13 Å². The molecule has 0 spiro atoms. The van der Waals surface area contributed by atoms with E-state index in [2.05, 4.69) is 197 Å². The molecule has 16 nitrogen and oxygen atoms in total. The lowest BCUT2D eigenvalue weighted by molar-refractivity contribution is -0.161. The molecular formula is C101H168O16P2. The molecule has 0 heterocycles. The van der Waals surface area contributed by atoms with Crippen molar-refractivity contribution >= 4 is 33.6 Å². The van der Waals surface area contributed by atoms with Crippen LogP contribution in [0.15, 0.2) is 194 Å². The van der Waals surface area contributed by atoms with Gasteiger partial charge in [0.05, 0.1) is 26.4 Å². The van der Waals surface area contributed by atoms with E-state index in [1.54, 1.807) is 0 Å². The van der Waals surface area contributed by atoms with Gasteiger partial charge in [-0.1, -0.05) is 395 Å². The molecule has 0 saturated carbocycles. The second kappa shape index (κ2) is 91.6. The van der Waals surface area contributed by atoms with E-state index in [9.17, 15) is 43.5 Å². The Balaban J connectivity index is 4.54. The van der Waals surface area contributed by atoms with E-state index in [4.69, 9.17) is 32.3 Å². The van der Waals surface area contributed by atoms with Gasteiger partial charge in [0.2, 0.25) is 0 Å². The highest BCUT2D eigenvalue weighted by molar-refractivity contribution is 7.47. The molecule has 0 saturated heterocycles. The smallest absolute Gasteiger partial charge is 0.463 e. The molecule has 119 heavy (non-hydrogen) atoms. The van der Waals surface area contributed by atoms with E-state index < -0.39 is 91.5 Å². The number of hydrogen-bond acceptors (Lipinski definition) is 14. The molecule has 0 amide bonds. The lowest BCUT2D eigenvalue weighted by Gasteiger charge is -2.21. The Morgan fingerprint density at radius 2 is 0.437 bits per heavy atom. The molecule has 0 aliphatic heterocycles. The summed E-state index contributed by atoms with van der Waals surface area (Å²) in [5.74, 6) is -1.67. The van der Waals surface area contributed by atoms with Gasteiger partial charge in [0.1, 0.15) is 25.4 Å². The molecule has 0 aromatic rings. The number of phosphoric acid groups is 2. The maximum absolute atomic E-state index is 13.0. The SMILES string of the molecule is CC/C=C\C/C=C\C/C=C\C/C=C\C/C=C\C/C=C\CCC(=O)OC(COC(=O)CCCCCCCCCCCCCCC/C=C\C/C=C\C/C=C\C/C=C\C/C=C\CC)COP(=O)(O)OCC(O)COP(=O)(O)OCC(O)COC(=O)CCCCCCCCCCCCCCCCCCCCC/C=C\C/C=C\C/C=C\C/C=C\C/C=C\CC. The summed E-state index contributed by atoms with van der Waals surface area (Å²) in [4.78, 5) is 58.9. The first-order valence-electron chi connectivity index (χ1n) is 46.7. The fourth-order valence-corrected chi connectivity index (χ4v) is 13.9. The van der Waals surface area contributed by atoms with E-state index in [1.165, 1.54) is 154 Å². The lowest BCUT2D eigenvalue weighted by atomic mass is 10.0. The molecule has 0 bridgehead atoms. The van der Waals surface area contributed by atoms with Crippen LogP contribution in [0.2, 0.25) is 0 Å². The van der Waals surface area contributed by atoms with Gasteiger partial charge in [0.15, 0.2) is 6.10 Å². The third-order valence-electron chi connectivity index (χ3n) is 19.3. The van der Waals surface area contributed by atoms with Crippen LogP contribution in [0.1, 0.15) is 367 Å². The largest absolute Gasteiger partial charge is 0.472 e. The van der Waals surface area contributed by atoms with Crippen molar-refractivity contribution in [1.29, 1.82) is 0 Å². The first kappa shape index (κ1) is 113. The van der Waals surface area contributed by atoms with E-state index in [1.807, 2.05) is 18.2 Å². The number of rotatable bonds is 87. The summed E-state index contributed by atoms with van der Waals surface area (Å²) in [7, 11) is -9.84. The molecule has 678 valence electrons. The van der Waals surface area contributed by atoms with Crippen LogP contribution in [-0.4, -0.2) is 95.9 Å². The van der Waals surface area contributed by atoms with Gasteiger partial charge in [0, 0.05) is 19.3 Å². The molecule has 0 aliphatic carbocycles. The molecule has 0 aliphatic rings. The average molecular weight is 1700 g/mol. The van der Waals surface area contributed by atoms with Crippen molar-refractivity contribution in [2.45, 2.75) is 386 Å². The van der Waals surface area contributed by atoms with Crippen LogP contribution in [-0.2, 0) is 55.8 Å². The highest BCUT2D eigenvalue weighted by atomic mass is 31.2. The standard InChI is InChI=1S/C101H168O16P2/c1-4-7-10-13-16-19-22-25-28-31-34-36-38-40-42-44-45-46-47-48-49-51-53-54-56-58-61-63-66-69-72-75-78-81-84-87-99(104)111-90-96(102)91-113-118(107,108)114-92-97(103)93-115-119(109,110)116-95-98(117-101(106)89-86-83-80-77-74-71-68-65-60-33-30-27-24-21-18-15-12-9-6-3)94-112-100(105)88-85-82-79-76-73-70-67-64-62-59-57-55-52-50-43-41-39-37-35-32-29-26-23-20-17-14-11-8-5-2/h7-12,16-21,25-30,34-37,40-43,60,65,71,74,80,83,96-98,102-103H,4-6,13-15,22-24,31-33,38-39,44-59,61-64,66-70,72-73,75-79,81-82,84-95H2,1-3H3,(H,107,108)(H,109,110)/b10-7-,11-8-,12-9-,19-16-,20-17-,21-18-,28-25-,29-26-,30-27-,36-34-,37-35-,42-40-,43-41-,65-60-,74-71-,83-80-. The van der Waals surface area contributed by atoms with Crippen LogP contribution in [0.4, 0.5) is 0 Å². The van der Waals surface area contributed by atoms with Crippen molar-refractivity contribution in [2.24, 2.45) is 0 Å². The van der Waals surface area contributed by atoms with Crippen molar-refractivity contribution < 1.29 is 75.8 Å². The summed E-state index contributed by atoms with van der Waals surface area (Å²) in [6.07, 6.45) is 122. The molecule has 0 fully saturated rings. The molecular weight excluding hydrogens is 1530 g/mol. The first-order valence-corrected chi connectivity index (χ1v) is 49.7. The Morgan fingerprint density at radius 3 is 0.697 bits per heavy atom. The third-order valence-corrected chi connectivity index (χ3v) is 21.2. The number of phosphoric ester groups is 2. The Hall–Kier alpha value is -5.61. The summed E-state index contributed by atoms with van der Waals surface area (Å²) in [6, 6.07) is 0. The monoisotopic (exact) mass is 1700 g/mol. The fourth-order valence-electron chi connectivity index (χ4n) is 12.4. The number of carbonyl (C=O) groups is 3. The van der Waals surface area contributed by atoms with Crippen LogP contribution < -0.4 is 0 Å². The van der Waals surface area contributed by atoms with Gasteiger partial charge in [-0.2, -0.15) is 0 Å². The number of aliphatic hydroxyl groups is 2. The Labute approximate surface area is 725 Å². The minimum atomic E-state index is -4.97. The van der Waals surface area contributed by atoms with Crippen molar-refractivity contribution in [2.75, 3.05) is 39.6 Å². The van der Waals surface area contributed by atoms with E-state index in [0.717, 1.165) is 148 Å². The van der Waals surface area contributed by atoms with Gasteiger partial charge in [-0.3, -0.25) is 32.5 Å². The van der Waals surface area contributed by atoms with Gasteiger partial charge >= 0.3 is 33.6 Å². The molecule has 0 aromatic carbocycles. The predicted molar refractivity (Wildman–Crippen MR) is 500 cm³/mol. The first-order chi connectivity index (χ1) is 58.2. The van der Waals surface area contributed by atoms with Crippen LogP contribution in [0, 0.1) is 0 Å². The van der Waals surface area contributed by atoms with Crippen LogP contribution >= 0.6 is 15.6 Å². The molecule has 0 radical (unpaired) electrons. The van der Waals surface area contributed by atoms with Crippen molar-refractivity contribution in [3.8, 4) is 0 Å². The number of esters is 3. The highest BCUT2D eigenvalue weighted by Crippen LogP contribution is 2.45. The Kier molecular flexibility index (Phi) is 87.3. The maximum atomic E-state index is 13.0. The van der Waals surface area contributed by atoms with Crippen molar-refractivity contribution in [3.05, 3.63) is 194 Å². The van der Waals surface area contributed by atoms with Gasteiger partial charge < -0.3 is 34.2 Å². The average Bonchev–Trinajstić information content (AvgIpc) is 0.902. The number of hydrogen-bond donors (Lipinski definition) is 4. The topological polar surface area (TPSA) is 231 Å². The van der Waals surface area contributed by atoms with Gasteiger partial charge in [0.25, 0.3) is 0 Å². The van der Waals surface area contributed by atoms with Gasteiger partial charge in [-0.05, 0) is 148 Å². The maximum Gasteiger partial charge on any atom is 0.472 e. The number of carbonyl (C=O) groups excluding carboxylic acids is 3. The molecule has 5 atom stereocenters. The quantitative estimate of drug-likeness (QED) is 0.0146. The number of allylic oxidation sites excluding steroid dienone is 32. The van der Waals surface area contributed by atoms with Crippen LogP contribution in [0.25, 0.3) is 0 Å². The minimum Gasteiger partial charge on any atom is -0.463 e. The summed E-state index contributed by atoms with van der Waals surface area (Å²) < 4.78 is 61.4. The summed E-state index contributed by atoms with van der Waals surface area (Å²) in [5.41, 5.74) is 0. The third kappa shape index (κ3) is 92.9. The Morgan fingerprint density at radius 1 is 0.235 bits per heavy atom. The summed E-state index contributed by atoms with van der Waals surface area (Å²) in [5, 5.41) is 20.7. The predicted octanol–water partition coefficient (Wildman–Crippen LogP) is 29.0. The minimum absolute atomic E-state index is 0.0258. The molecule has 0 rings (SSSR count). The Bertz CT molecular complexity index is 2940.